The van der Waals surface area contributed by atoms with Crippen LogP contribution in [0.25, 0.3) is 33.9 Å². The summed E-state index contributed by atoms with van der Waals surface area (Å²) in [7, 11) is 3.63. The van der Waals surface area contributed by atoms with Crippen LogP contribution >= 0.6 is 0 Å². The van der Waals surface area contributed by atoms with Crippen molar-refractivity contribution in [3.63, 3.8) is 0 Å². The number of aryl methyl sites for hydroxylation is 2. The van der Waals surface area contributed by atoms with Crippen LogP contribution in [0, 0.1) is 0 Å². The molecule has 5 rings (SSSR count). The summed E-state index contributed by atoms with van der Waals surface area (Å²) in [6.45, 7) is 0. The molecule has 0 aliphatic rings. The molecule has 0 aliphatic heterocycles. The molecule has 34 heavy (non-hydrogen) atoms. The van der Waals surface area contributed by atoms with E-state index >= 15 is 0 Å². The van der Waals surface area contributed by atoms with Crippen molar-refractivity contribution in [1.82, 2.24) is 39.5 Å². The van der Waals surface area contributed by atoms with Gasteiger partial charge in [0.05, 0.1) is 17.1 Å². The standard InChI is InChI=1S/C23H20N10O/c1-32-12-15(19(30-32)16-7-3-5-9-25-16)14-11-27-23(21(24)34)29-22(14)28-18-13-33(2)31-20(18)17-8-4-6-10-26-17/h3-13H,1-2H3,(H2,24,34)(H,27,28,29). The average Bonchev–Trinajstić information content (AvgIpc) is 3.42. The van der Waals surface area contributed by atoms with Crippen molar-refractivity contribution in [3.8, 4) is 33.9 Å². The maximum atomic E-state index is 11.9. The minimum atomic E-state index is -0.734. The Morgan fingerprint density at radius 2 is 1.50 bits per heavy atom. The van der Waals surface area contributed by atoms with Crippen molar-refractivity contribution in [2.45, 2.75) is 0 Å². The largest absolute Gasteiger partial charge is 0.363 e. The number of carbonyl (C=O) groups excluding carboxylic acids is 1. The summed E-state index contributed by atoms with van der Waals surface area (Å²) in [5, 5.41) is 12.4. The van der Waals surface area contributed by atoms with E-state index < -0.39 is 5.91 Å². The number of carbonyl (C=O) groups is 1. The van der Waals surface area contributed by atoms with E-state index in [9.17, 15) is 4.79 Å². The SMILES string of the molecule is Cn1cc(Nc2nc(C(N)=O)ncc2-c2cn(C)nc2-c2ccccn2)c(-c2ccccn2)n1. The van der Waals surface area contributed by atoms with Crippen LogP contribution < -0.4 is 11.1 Å². The molecule has 0 aromatic carbocycles. The average molecular weight is 452 g/mol. The van der Waals surface area contributed by atoms with E-state index in [0.29, 0.717) is 39.8 Å². The Morgan fingerprint density at radius 1 is 0.853 bits per heavy atom. The number of amides is 1. The summed E-state index contributed by atoms with van der Waals surface area (Å²) in [4.78, 5) is 29.3. The van der Waals surface area contributed by atoms with Crippen LogP contribution in [0.1, 0.15) is 10.6 Å². The predicted molar refractivity (Wildman–Crippen MR) is 126 cm³/mol. The number of primary amides is 1. The number of rotatable bonds is 6. The molecule has 0 saturated carbocycles. The molecule has 168 valence electrons. The molecule has 0 atom stereocenters. The molecular formula is C23H20N10O. The molecule has 0 bridgehead atoms. The molecule has 11 nitrogen and oxygen atoms in total. The van der Waals surface area contributed by atoms with E-state index in [1.54, 1.807) is 28.0 Å². The van der Waals surface area contributed by atoms with Crippen LogP contribution in [0.15, 0.2) is 67.4 Å². The summed E-state index contributed by atoms with van der Waals surface area (Å²) in [5.41, 5.74) is 10.1. The van der Waals surface area contributed by atoms with Crippen LogP contribution in [-0.4, -0.2) is 45.4 Å². The number of nitrogens with zero attached hydrogens (tertiary/aromatic N) is 8. The van der Waals surface area contributed by atoms with Gasteiger partial charge in [0.1, 0.15) is 17.2 Å². The monoisotopic (exact) mass is 452 g/mol. The molecule has 1 amide bonds. The van der Waals surface area contributed by atoms with Crippen molar-refractivity contribution in [3.05, 3.63) is 73.2 Å². The third kappa shape index (κ3) is 3.97. The first kappa shape index (κ1) is 20.9. The summed E-state index contributed by atoms with van der Waals surface area (Å²) in [6.07, 6.45) is 8.61. The molecule has 11 heteroatoms. The highest BCUT2D eigenvalue weighted by molar-refractivity contribution is 5.92. The highest BCUT2D eigenvalue weighted by Gasteiger charge is 2.21. The van der Waals surface area contributed by atoms with Gasteiger partial charge in [0.25, 0.3) is 5.91 Å². The van der Waals surface area contributed by atoms with E-state index in [-0.39, 0.29) is 5.82 Å². The van der Waals surface area contributed by atoms with Gasteiger partial charge < -0.3 is 11.1 Å². The zero-order chi connectivity index (χ0) is 23.7. The second-order valence-corrected chi connectivity index (χ2v) is 7.51. The van der Waals surface area contributed by atoms with Gasteiger partial charge in [0.15, 0.2) is 0 Å². The van der Waals surface area contributed by atoms with Gasteiger partial charge in [0, 0.05) is 56.2 Å². The van der Waals surface area contributed by atoms with Gasteiger partial charge >= 0.3 is 0 Å². The van der Waals surface area contributed by atoms with Crippen molar-refractivity contribution < 1.29 is 4.79 Å². The summed E-state index contributed by atoms with van der Waals surface area (Å²) >= 11 is 0. The fraction of sp³-hybridized carbons (Fsp3) is 0.0870. The molecule has 5 aromatic heterocycles. The number of nitrogens with one attached hydrogen (secondary N) is 1. The lowest BCUT2D eigenvalue weighted by Gasteiger charge is -2.12. The van der Waals surface area contributed by atoms with Crippen LogP contribution in [0.4, 0.5) is 11.5 Å². The number of pyridine rings is 2. The smallest absolute Gasteiger partial charge is 0.286 e. The summed E-state index contributed by atoms with van der Waals surface area (Å²) in [6, 6.07) is 11.2. The van der Waals surface area contributed by atoms with Crippen LogP contribution in [0.5, 0.6) is 0 Å². The maximum Gasteiger partial charge on any atom is 0.286 e. The fourth-order valence-corrected chi connectivity index (χ4v) is 3.57. The molecular weight excluding hydrogens is 432 g/mol. The third-order valence-electron chi connectivity index (χ3n) is 5.02. The fourth-order valence-electron chi connectivity index (χ4n) is 3.57. The molecule has 5 heterocycles. The zero-order valence-corrected chi connectivity index (χ0v) is 18.4. The Labute approximate surface area is 194 Å². The second kappa shape index (κ2) is 8.54. The van der Waals surface area contributed by atoms with Gasteiger partial charge in [-0.1, -0.05) is 12.1 Å². The molecule has 0 saturated heterocycles. The molecule has 3 N–H and O–H groups in total. The molecule has 0 fully saturated rings. The van der Waals surface area contributed by atoms with Crippen molar-refractivity contribution >= 4 is 17.4 Å². The Balaban J connectivity index is 1.66. The van der Waals surface area contributed by atoms with Gasteiger partial charge in [0.2, 0.25) is 5.82 Å². The highest BCUT2D eigenvalue weighted by atomic mass is 16.1. The van der Waals surface area contributed by atoms with Gasteiger partial charge in [-0.2, -0.15) is 10.2 Å². The van der Waals surface area contributed by atoms with Crippen molar-refractivity contribution in [2.24, 2.45) is 19.8 Å². The molecule has 0 spiro atoms. The van der Waals surface area contributed by atoms with Gasteiger partial charge in [-0.3, -0.25) is 24.1 Å². The van der Waals surface area contributed by atoms with Crippen LogP contribution in [0.2, 0.25) is 0 Å². The lowest BCUT2D eigenvalue weighted by Crippen LogP contribution is -2.16. The zero-order valence-electron chi connectivity index (χ0n) is 18.4. The molecule has 0 radical (unpaired) electrons. The minimum Gasteiger partial charge on any atom is -0.363 e. The lowest BCUT2D eigenvalue weighted by atomic mass is 10.1. The highest BCUT2D eigenvalue weighted by Crippen LogP contribution is 2.36. The van der Waals surface area contributed by atoms with Crippen molar-refractivity contribution in [1.29, 1.82) is 0 Å². The number of anilines is 2. The minimum absolute atomic E-state index is 0.113. The van der Waals surface area contributed by atoms with Crippen LogP contribution in [0.3, 0.4) is 0 Å². The molecule has 0 unspecified atom stereocenters. The van der Waals surface area contributed by atoms with Gasteiger partial charge in [-0.15, -0.1) is 0 Å². The van der Waals surface area contributed by atoms with E-state index in [2.05, 4.69) is 35.5 Å². The number of nitrogens with two attached hydrogens (primary N) is 1. The van der Waals surface area contributed by atoms with Gasteiger partial charge in [-0.25, -0.2) is 9.97 Å². The quantitative estimate of drug-likeness (QED) is 0.400. The van der Waals surface area contributed by atoms with E-state index in [1.165, 1.54) is 0 Å². The van der Waals surface area contributed by atoms with Crippen LogP contribution in [-0.2, 0) is 14.1 Å². The van der Waals surface area contributed by atoms with E-state index in [0.717, 1.165) is 5.56 Å². The predicted octanol–water partition coefficient (Wildman–Crippen LogP) is 2.58. The van der Waals surface area contributed by atoms with Gasteiger partial charge in [-0.05, 0) is 24.3 Å². The molecule has 0 aliphatic carbocycles. The normalized spacial score (nSPS) is 10.9. The Kier molecular flexibility index (Phi) is 5.26. The first-order valence-corrected chi connectivity index (χ1v) is 10.3. The molecule has 5 aromatic rings. The first-order chi connectivity index (χ1) is 16.5. The third-order valence-corrected chi connectivity index (χ3v) is 5.02. The Morgan fingerprint density at radius 3 is 2.15 bits per heavy atom. The number of aromatic nitrogens is 8. The number of hydrogen-bond donors (Lipinski definition) is 2. The second-order valence-electron chi connectivity index (χ2n) is 7.51. The summed E-state index contributed by atoms with van der Waals surface area (Å²) in [5.74, 6) is -0.473. The lowest BCUT2D eigenvalue weighted by molar-refractivity contribution is 0.0990. The Bertz CT molecular complexity index is 1470. The van der Waals surface area contributed by atoms with Crippen molar-refractivity contribution in [2.75, 3.05) is 5.32 Å². The summed E-state index contributed by atoms with van der Waals surface area (Å²) < 4.78 is 3.36. The number of hydrogen-bond acceptors (Lipinski definition) is 8. The Hall–Kier alpha value is -4.93. The maximum absolute atomic E-state index is 11.9. The first-order valence-electron chi connectivity index (χ1n) is 10.3. The van der Waals surface area contributed by atoms with E-state index in [4.69, 9.17) is 5.73 Å². The topological polar surface area (TPSA) is 142 Å². The van der Waals surface area contributed by atoms with E-state index in [1.807, 2.05) is 62.9 Å².